The topological polar surface area (TPSA) is 94.3 Å². The van der Waals surface area contributed by atoms with Gasteiger partial charge in [-0.15, -0.1) is 0 Å². The second-order valence-corrected chi connectivity index (χ2v) is 5.32. The maximum absolute atomic E-state index is 11.8. The molecule has 1 heterocycles. The van der Waals surface area contributed by atoms with Crippen molar-refractivity contribution < 1.29 is 13.2 Å². The van der Waals surface area contributed by atoms with E-state index in [9.17, 15) is 8.42 Å². The Kier molecular flexibility index (Phi) is 5.01. The molecule has 0 aliphatic heterocycles. The van der Waals surface area contributed by atoms with Crippen LogP contribution in [0.2, 0.25) is 0 Å². The molecule has 0 radical (unpaired) electrons. The molecule has 96 valence electrons. The van der Waals surface area contributed by atoms with Gasteiger partial charge in [-0.3, -0.25) is 0 Å². The van der Waals surface area contributed by atoms with Crippen LogP contribution in [-0.4, -0.2) is 33.2 Å². The highest BCUT2D eigenvalue weighted by molar-refractivity contribution is 7.89. The molecule has 7 heteroatoms. The SMILES string of the molecule is COC(C)CNS(=O)(=O)c1ccc(CN)cn1. The fourth-order valence-corrected chi connectivity index (χ4v) is 2.12. The summed E-state index contributed by atoms with van der Waals surface area (Å²) in [5.74, 6) is 0. The first-order valence-electron chi connectivity index (χ1n) is 5.17. The molecule has 0 spiro atoms. The van der Waals surface area contributed by atoms with Gasteiger partial charge in [-0.2, -0.15) is 0 Å². The number of nitrogens with two attached hydrogens (primary N) is 1. The summed E-state index contributed by atoms with van der Waals surface area (Å²) in [6.07, 6.45) is 1.27. The lowest BCUT2D eigenvalue weighted by Crippen LogP contribution is -2.32. The van der Waals surface area contributed by atoms with E-state index in [1.807, 2.05) is 0 Å². The van der Waals surface area contributed by atoms with Crippen molar-refractivity contribution in [1.29, 1.82) is 0 Å². The Bertz CT molecular complexity index is 444. The molecular formula is C10H17N3O3S. The van der Waals surface area contributed by atoms with Crippen molar-refractivity contribution in [2.45, 2.75) is 24.6 Å². The largest absolute Gasteiger partial charge is 0.380 e. The zero-order valence-electron chi connectivity index (χ0n) is 9.88. The number of ether oxygens (including phenoxy) is 1. The predicted molar refractivity (Wildman–Crippen MR) is 63.8 cm³/mol. The lowest BCUT2D eigenvalue weighted by atomic mass is 10.3. The van der Waals surface area contributed by atoms with Crippen LogP contribution in [0.1, 0.15) is 12.5 Å². The second-order valence-electron chi connectivity index (χ2n) is 3.61. The summed E-state index contributed by atoms with van der Waals surface area (Å²) in [6.45, 7) is 2.31. The lowest BCUT2D eigenvalue weighted by Gasteiger charge is -2.10. The third kappa shape index (κ3) is 4.04. The first kappa shape index (κ1) is 14.0. The Morgan fingerprint density at radius 3 is 2.71 bits per heavy atom. The molecule has 17 heavy (non-hydrogen) atoms. The molecule has 1 aromatic rings. The van der Waals surface area contributed by atoms with Gasteiger partial charge in [-0.1, -0.05) is 6.07 Å². The number of hydrogen-bond acceptors (Lipinski definition) is 5. The maximum Gasteiger partial charge on any atom is 0.258 e. The van der Waals surface area contributed by atoms with E-state index in [0.717, 1.165) is 5.56 Å². The van der Waals surface area contributed by atoms with Crippen LogP contribution in [0.4, 0.5) is 0 Å². The molecule has 1 atom stereocenters. The molecule has 1 aromatic heterocycles. The van der Waals surface area contributed by atoms with Gasteiger partial charge in [0.05, 0.1) is 6.10 Å². The standard InChI is InChI=1S/C10H17N3O3S/c1-8(16-2)6-13-17(14,15)10-4-3-9(5-11)7-12-10/h3-4,7-8,13H,5-6,11H2,1-2H3. The molecule has 0 aliphatic rings. The Balaban J connectivity index is 2.75. The van der Waals surface area contributed by atoms with Gasteiger partial charge in [0.15, 0.2) is 5.03 Å². The Labute approximate surface area is 101 Å². The molecule has 1 rings (SSSR count). The van der Waals surface area contributed by atoms with Gasteiger partial charge in [0.25, 0.3) is 10.0 Å². The number of aromatic nitrogens is 1. The minimum atomic E-state index is -3.57. The van der Waals surface area contributed by atoms with Crippen LogP contribution in [0.5, 0.6) is 0 Å². The molecule has 6 nitrogen and oxygen atoms in total. The molecule has 1 unspecified atom stereocenters. The Morgan fingerprint density at radius 1 is 1.53 bits per heavy atom. The second kappa shape index (κ2) is 6.06. The van der Waals surface area contributed by atoms with Crippen molar-refractivity contribution in [3.8, 4) is 0 Å². The highest BCUT2D eigenvalue weighted by Gasteiger charge is 2.16. The van der Waals surface area contributed by atoms with Gasteiger partial charge >= 0.3 is 0 Å². The molecule has 0 bridgehead atoms. The molecule has 0 aromatic carbocycles. The average Bonchev–Trinajstić information content (AvgIpc) is 2.36. The Hall–Kier alpha value is -1.02. The average molecular weight is 259 g/mol. The maximum atomic E-state index is 11.8. The van der Waals surface area contributed by atoms with Gasteiger partial charge in [0, 0.05) is 26.4 Å². The van der Waals surface area contributed by atoms with Crippen molar-refractivity contribution in [3.63, 3.8) is 0 Å². The summed E-state index contributed by atoms with van der Waals surface area (Å²) >= 11 is 0. The van der Waals surface area contributed by atoms with Gasteiger partial charge in [-0.25, -0.2) is 18.1 Å². The van der Waals surface area contributed by atoms with Gasteiger partial charge < -0.3 is 10.5 Å². The van der Waals surface area contributed by atoms with Crippen molar-refractivity contribution in [2.24, 2.45) is 5.73 Å². The zero-order valence-corrected chi connectivity index (χ0v) is 10.7. The first-order valence-corrected chi connectivity index (χ1v) is 6.65. The summed E-state index contributed by atoms with van der Waals surface area (Å²) in [5, 5.41) is -0.0157. The number of pyridine rings is 1. The van der Waals surface area contributed by atoms with Crippen LogP contribution >= 0.6 is 0 Å². The molecular weight excluding hydrogens is 242 g/mol. The zero-order chi connectivity index (χ0) is 12.9. The van der Waals surface area contributed by atoms with Crippen LogP contribution in [0.3, 0.4) is 0 Å². The minimum absolute atomic E-state index is 0.0157. The lowest BCUT2D eigenvalue weighted by molar-refractivity contribution is 0.122. The number of sulfonamides is 1. The molecule has 0 fully saturated rings. The predicted octanol–water partition coefficient (Wildman–Crippen LogP) is -0.146. The normalized spacial score (nSPS) is 13.6. The summed E-state index contributed by atoms with van der Waals surface area (Å²) in [5.41, 5.74) is 6.19. The van der Waals surface area contributed by atoms with E-state index in [1.165, 1.54) is 19.4 Å². The van der Waals surface area contributed by atoms with E-state index in [2.05, 4.69) is 9.71 Å². The molecule has 0 amide bonds. The van der Waals surface area contributed by atoms with Crippen molar-refractivity contribution in [1.82, 2.24) is 9.71 Å². The smallest absolute Gasteiger partial charge is 0.258 e. The molecule has 0 saturated carbocycles. The first-order chi connectivity index (χ1) is 7.99. The van der Waals surface area contributed by atoms with Crippen LogP contribution in [0, 0.1) is 0 Å². The fourth-order valence-electron chi connectivity index (χ4n) is 1.07. The van der Waals surface area contributed by atoms with Crippen LogP contribution in [-0.2, 0) is 21.3 Å². The quantitative estimate of drug-likeness (QED) is 0.741. The van der Waals surface area contributed by atoms with E-state index in [4.69, 9.17) is 10.5 Å². The highest BCUT2D eigenvalue weighted by atomic mass is 32.2. The number of nitrogens with zero attached hydrogens (tertiary/aromatic N) is 1. The van der Waals surface area contributed by atoms with Crippen molar-refractivity contribution in [3.05, 3.63) is 23.9 Å². The highest BCUT2D eigenvalue weighted by Crippen LogP contribution is 2.06. The van der Waals surface area contributed by atoms with E-state index in [0.29, 0.717) is 6.54 Å². The summed E-state index contributed by atoms with van der Waals surface area (Å²) in [7, 11) is -2.05. The van der Waals surface area contributed by atoms with E-state index in [1.54, 1.807) is 13.0 Å². The third-order valence-electron chi connectivity index (χ3n) is 2.27. The number of methoxy groups -OCH3 is 1. The van der Waals surface area contributed by atoms with Crippen LogP contribution in [0.15, 0.2) is 23.4 Å². The van der Waals surface area contributed by atoms with Crippen LogP contribution in [0.25, 0.3) is 0 Å². The van der Waals surface area contributed by atoms with E-state index < -0.39 is 10.0 Å². The van der Waals surface area contributed by atoms with Gasteiger partial charge in [0.2, 0.25) is 0 Å². The number of rotatable bonds is 6. The van der Waals surface area contributed by atoms with Gasteiger partial charge in [0.1, 0.15) is 0 Å². The minimum Gasteiger partial charge on any atom is -0.380 e. The molecule has 3 N–H and O–H groups in total. The number of hydrogen-bond donors (Lipinski definition) is 2. The van der Waals surface area contributed by atoms with Gasteiger partial charge in [-0.05, 0) is 18.6 Å². The summed E-state index contributed by atoms with van der Waals surface area (Å²) in [6, 6.07) is 3.07. The van der Waals surface area contributed by atoms with E-state index in [-0.39, 0.29) is 17.7 Å². The van der Waals surface area contributed by atoms with E-state index >= 15 is 0 Å². The van der Waals surface area contributed by atoms with Crippen molar-refractivity contribution in [2.75, 3.05) is 13.7 Å². The third-order valence-corrected chi connectivity index (χ3v) is 3.61. The fraction of sp³-hybridized carbons (Fsp3) is 0.500. The summed E-state index contributed by atoms with van der Waals surface area (Å²) in [4.78, 5) is 3.85. The summed E-state index contributed by atoms with van der Waals surface area (Å²) < 4.78 is 31.0. The van der Waals surface area contributed by atoms with Crippen molar-refractivity contribution >= 4 is 10.0 Å². The Morgan fingerprint density at radius 2 is 2.24 bits per heavy atom. The number of nitrogens with one attached hydrogen (secondary N) is 1. The van der Waals surface area contributed by atoms with Crippen LogP contribution < -0.4 is 10.5 Å². The molecule has 0 saturated heterocycles. The molecule has 0 aliphatic carbocycles. The monoisotopic (exact) mass is 259 g/mol.